The summed E-state index contributed by atoms with van der Waals surface area (Å²) in [6.45, 7) is 0. The number of nitriles is 1. The van der Waals surface area contributed by atoms with E-state index in [9.17, 15) is 0 Å². The molecule has 0 amide bonds. The highest BCUT2D eigenvalue weighted by Gasteiger charge is 2.03. The molecule has 68 valence electrons. The molecule has 0 bridgehead atoms. The predicted octanol–water partition coefficient (Wildman–Crippen LogP) is 1.80. The Kier molecular flexibility index (Phi) is 2.13. The number of hydrogen-bond acceptors (Lipinski definition) is 3. The number of hydrogen-bond donors (Lipinski definition) is 1. The molecular formula is C9H6N4S. The zero-order valence-electron chi connectivity index (χ0n) is 7.14. The minimum absolute atomic E-state index is 0.450. The first-order valence-corrected chi connectivity index (χ1v) is 4.35. The molecular weight excluding hydrogens is 196 g/mol. The van der Waals surface area contributed by atoms with Gasteiger partial charge in [-0.05, 0) is 12.1 Å². The number of aromatic amines is 1. The second-order valence-electron chi connectivity index (χ2n) is 2.63. The largest absolute Gasteiger partial charge is 0.297 e. The standard InChI is InChI=1S/C9H6N4S/c10-5-7-6-12-13(9(7)14)8-3-1-2-4-11-8/h1-4,6,12H. The first-order chi connectivity index (χ1) is 6.83. The van der Waals surface area contributed by atoms with Crippen molar-refractivity contribution in [3.63, 3.8) is 0 Å². The van der Waals surface area contributed by atoms with E-state index in [1.165, 1.54) is 0 Å². The Morgan fingerprint density at radius 1 is 1.50 bits per heavy atom. The third-order valence-corrected chi connectivity index (χ3v) is 2.17. The van der Waals surface area contributed by atoms with Crippen molar-refractivity contribution in [1.82, 2.24) is 14.8 Å². The van der Waals surface area contributed by atoms with Gasteiger partial charge in [-0.1, -0.05) is 18.3 Å². The maximum Gasteiger partial charge on any atom is 0.152 e. The summed E-state index contributed by atoms with van der Waals surface area (Å²) in [5.41, 5.74) is 0.450. The van der Waals surface area contributed by atoms with Crippen molar-refractivity contribution in [3.8, 4) is 11.9 Å². The fraction of sp³-hybridized carbons (Fsp3) is 0. The lowest BCUT2D eigenvalue weighted by Crippen LogP contribution is -1.98. The topological polar surface area (TPSA) is 57.4 Å². The van der Waals surface area contributed by atoms with Crippen molar-refractivity contribution >= 4 is 12.2 Å². The molecule has 2 aromatic rings. The highest BCUT2D eigenvalue weighted by atomic mass is 32.1. The lowest BCUT2D eigenvalue weighted by Gasteiger charge is -1.98. The number of nitrogens with one attached hydrogen (secondary N) is 1. The molecule has 0 unspecified atom stereocenters. The minimum atomic E-state index is 0.450. The molecule has 0 spiro atoms. The second kappa shape index (κ2) is 3.44. The summed E-state index contributed by atoms with van der Waals surface area (Å²) in [4.78, 5) is 4.11. The fourth-order valence-corrected chi connectivity index (χ4v) is 1.36. The van der Waals surface area contributed by atoms with E-state index in [2.05, 4.69) is 10.1 Å². The highest BCUT2D eigenvalue weighted by Crippen LogP contribution is 2.06. The Labute approximate surface area is 85.4 Å². The van der Waals surface area contributed by atoms with Gasteiger partial charge >= 0.3 is 0 Å². The highest BCUT2D eigenvalue weighted by molar-refractivity contribution is 7.71. The normalized spacial score (nSPS) is 9.64. The molecule has 0 atom stereocenters. The molecule has 0 radical (unpaired) electrons. The van der Waals surface area contributed by atoms with Crippen molar-refractivity contribution < 1.29 is 0 Å². The van der Waals surface area contributed by atoms with Crippen molar-refractivity contribution in [1.29, 1.82) is 5.26 Å². The SMILES string of the molecule is N#Cc1c[nH]n(-c2ccccn2)c1=S. The van der Waals surface area contributed by atoms with Gasteiger partial charge in [0.2, 0.25) is 0 Å². The second-order valence-corrected chi connectivity index (χ2v) is 3.01. The van der Waals surface area contributed by atoms with Crippen molar-refractivity contribution in [2.45, 2.75) is 0 Å². The predicted molar refractivity (Wildman–Crippen MR) is 53.5 cm³/mol. The van der Waals surface area contributed by atoms with Crippen LogP contribution in [-0.2, 0) is 0 Å². The van der Waals surface area contributed by atoms with E-state index in [0.29, 0.717) is 16.0 Å². The number of H-pyrrole nitrogens is 1. The first-order valence-electron chi connectivity index (χ1n) is 3.95. The van der Waals surface area contributed by atoms with Gasteiger partial charge in [-0.25, -0.2) is 9.67 Å². The van der Waals surface area contributed by atoms with Gasteiger partial charge in [-0.2, -0.15) is 5.26 Å². The molecule has 0 aliphatic heterocycles. The van der Waals surface area contributed by atoms with Gasteiger partial charge in [-0.15, -0.1) is 0 Å². The Balaban J connectivity index is 2.61. The van der Waals surface area contributed by atoms with Crippen LogP contribution in [0, 0.1) is 16.0 Å². The molecule has 0 aliphatic carbocycles. The lowest BCUT2D eigenvalue weighted by atomic mass is 10.4. The van der Waals surface area contributed by atoms with E-state index in [0.717, 1.165) is 0 Å². The molecule has 2 aromatic heterocycles. The first kappa shape index (κ1) is 8.66. The Bertz CT molecular complexity index is 532. The van der Waals surface area contributed by atoms with Crippen LogP contribution in [-0.4, -0.2) is 14.8 Å². The number of rotatable bonds is 1. The maximum atomic E-state index is 8.71. The number of aromatic nitrogens is 3. The Hall–Kier alpha value is -1.93. The van der Waals surface area contributed by atoms with Crippen LogP contribution in [0.15, 0.2) is 30.6 Å². The average molecular weight is 202 g/mol. The van der Waals surface area contributed by atoms with Crippen LogP contribution in [0.5, 0.6) is 0 Å². The van der Waals surface area contributed by atoms with E-state index < -0.39 is 0 Å². The van der Waals surface area contributed by atoms with Crippen LogP contribution < -0.4 is 0 Å². The van der Waals surface area contributed by atoms with E-state index in [4.69, 9.17) is 17.5 Å². The molecule has 1 N–H and O–H groups in total. The third-order valence-electron chi connectivity index (χ3n) is 1.77. The number of nitrogens with zero attached hydrogens (tertiary/aromatic N) is 3. The summed E-state index contributed by atoms with van der Waals surface area (Å²) in [5, 5.41) is 11.6. The monoisotopic (exact) mass is 202 g/mol. The Morgan fingerprint density at radius 3 is 2.93 bits per heavy atom. The van der Waals surface area contributed by atoms with E-state index in [1.54, 1.807) is 17.1 Å². The van der Waals surface area contributed by atoms with Gasteiger partial charge in [0.15, 0.2) is 5.82 Å². The summed E-state index contributed by atoms with van der Waals surface area (Å²) in [6, 6.07) is 7.49. The van der Waals surface area contributed by atoms with Gasteiger partial charge in [0.05, 0.1) is 0 Å². The summed E-state index contributed by atoms with van der Waals surface area (Å²) < 4.78 is 2.04. The van der Waals surface area contributed by atoms with Crippen molar-refractivity contribution in [3.05, 3.63) is 40.8 Å². The van der Waals surface area contributed by atoms with Gasteiger partial charge in [-0.3, -0.25) is 5.10 Å². The van der Waals surface area contributed by atoms with E-state index in [-0.39, 0.29) is 0 Å². The molecule has 0 aliphatic rings. The fourth-order valence-electron chi connectivity index (χ4n) is 1.11. The molecule has 2 rings (SSSR count). The van der Waals surface area contributed by atoms with Crippen LogP contribution in [0.3, 0.4) is 0 Å². The maximum absolute atomic E-state index is 8.71. The lowest BCUT2D eigenvalue weighted by molar-refractivity contribution is 0.836. The van der Waals surface area contributed by atoms with Gasteiger partial charge in [0.1, 0.15) is 16.3 Å². The van der Waals surface area contributed by atoms with Crippen LogP contribution >= 0.6 is 12.2 Å². The minimum Gasteiger partial charge on any atom is -0.297 e. The van der Waals surface area contributed by atoms with Crippen molar-refractivity contribution in [2.24, 2.45) is 0 Å². The summed E-state index contributed by atoms with van der Waals surface area (Å²) in [6.07, 6.45) is 3.24. The molecule has 0 saturated heterocycles. The number of pyridine rings is 1. The smallest absolute Gasteiger partial charge is 0.152 e. The molecule has 2 heterocycles. The summed E-state index contributed by atoms with van der Waals surface area (Å²) in [7, 11) is 0. The van der Waals surface area contributed by atoms with Crippen molar-refractivity contribution in [2.75, 3.05) is 0 Å². The zero-order valence-corrected chi connectivity index (χ0v) is 7.95. The zero-order chi connectivity index (χ0) is 9.97. The van der Waals surface area contributed by atoms with Gasteiger partial charge in [0, 0.05) is 12.4 Å². The Morgan fingerprint density at radius 2 is 2.36 bits per heavy atom. The molecule has 4 nitrogen and oxygen atoms in total. The quantitative estimate of drug-likeness (QED) is 0.717. The van der Waals surface area contributed by atoms with Crippen LogP contribution in [0.25, 0.3) is 5.82 Å². The van der Waals surface area contributed by atoms with E-state index in [1.807, 2.05) is 24.3 Å². The third kappa shape index (κ3) is 1.32. The van der Waals surface area contributed by atoms with E-state index >= 15 is 0 Å². The molecule has 0 fully saturated rings. The average Bonchev–Trinajstić information content (AvgIpc) is 2.61. The molecule has 5 heteroatoms. The molecule has 0 saturated carbocycles. The molecule has 0 aromatic carbocycles. The van der Waals surface area contributed by atoms with Gasteiger partial charge < -0.3 is 0 Å². The van der Waals surface area contributed by atoms with Crippen LogP contribution in [0.4, 0.5) is 0 Å². The van der Waals surface area contributed by atoms with Crippen LogP contribution in [0.2, 0.25) is 0 Å². The molecule has 14 heavy (non-hydrogen) atoms. The summed E-state index contributed by atoms with van der Waals surface area (Å²) >= 11 is 5.08. The summed E-state index contributed by atoms with van der Waals surface area (Å²) in [5.74, 6) is 0.680. The van der Waals surface area contributed by atoms with Crippen LogP contribution in [0.1, 0.15) is 5.56 Å². The van der Waals surface area contributed by atoms with Gasteiger partial charge in [0.25, 0.3) is 0 Å².